The molecule has 9 heteroatoms. The van der Waals surface area contributed by atoms with Crippen LogP contribution < -0.4 is 21.8 Å². The van der Waals surface area contributed by atoms with Crippen LogP contribution in [0.2, 0.25) is 0 Å². The fraction of sp³-hybridized carbons (Fsp3) is 0.583. The number of anilines is 1. The molecule has 1 aromatic carbocycles. The molecule has 33 heavy (non-hydrogen) atoms. The number of fused-ring (bicyclic) bond motifs is 1. The van der Waals surface area contributed by atoms with Crippen LogP contribution in [-0.2, 0) is 19.1 Å². The molecule has 1 aromatic rings. The number of ether oxygens (including phenoxy) is 1. The van der Waals surface area contributed by atoms with E-state index >= 15 is 0 Å². The molecular formula is C24H36N5O4+. The third-order valence-electron chi connectivity index (χ3n) is 6.18. The number of hydrogen-bond acceptors (Lipinski definition) is 5. The number of hydrogen-bond donors (Lipinski definition) is 4. The van der Waals surface area contributed by atoms with Crippen molar-refractivity contribution in [2.24, 2.45) is 17.1 Å². The number of likely N-dealkylation sites (tertiary alicyclic amines) is 1. The minimum Gasteiger partial charge on any atom is -0.383 e. The highest BCUT2D eigenvalue weighted by molar-refractivity contribution is 6.43. The number of rotatable bonds is 10. The Kier molecular flexibility index (Phi) is 7.41. The molecule has 1 aliphatic carbocycles. The average molecular weight is 459 g/mol. The van der Waals surface area contributed by atoms with Gasteiger partial charge in [0.1, 0.15) is 6.04 Å². The summed E-state index contributed by atoms with van der Waals surface area (Å²) in [6.45, 7) is 6.77. The Hall–Kier alpha value is -2.94. The van der Waals surface area contributed by atoms with Crippen LogP contribution in [0.1, 0.15) is 45.6 Å². The summed E-state index contributed by atoms with van der Waals surface area (Å²) in [4.78, 5) is 39.5. The van der Waals surface area contributed by atoms with Gasteiger partial charge in [-0.15, -0.1) is 0 Å². The Morgan fingerprint density at radius 3 is 2.58 bits per heavy atom. The van der Waals surface area contributed by atoms with Crippen molar-refractivity contribution in [2.45, 2.75) is 58.2 Å². The van der Waals surface area contributed by atoms with E-state index in [0.29, 0.717) is 30.2 Å². The van der Waals surface area contributed by atoms with Crippen LogP contribution in [-0.4, -0.2) is 66.7 Å². The third-order valence-corrected chi connectivity index (χ3v) is 6.18. The summed E-state index contributed by atoms with van der Waals surface area (Å²) in [5, 5.41) is 12.0. The lowest BCUT2D eigenvalue weighted by Crippen LogP contribution is -2.53. The van der Waals surface area contributed by atoms with Gasteiger partial charge in [-0.05, 0) is 42.7 Å². The van der Waals surface area contributed by atoms with Crippen LogP contribution in [0.4, 0.5) is 5.69 Å². The largest absolute Gasteiger partial charge is 0.383 e. The number of nitrogens with two attached hydrogens (primary N) is 2. The van der Waals surface area contributed by atoms with Gasteiger partial charge in [-0.3, -0.25) is 14.4 Å². The number of nitrogens with one attached hydrogen (secondary N) is 2. The van der Waals surface area contributed by atoms with E-state index in [4.69, 9.17) is 15.9 Å². The molecule has 6 N–H and O–H groups in total. The molecule has 2 aliphatic rings. The first-order valence-corrected chi connectivity index (χ1v) is 11.4. The van der Waals surface area contributed by atoms with Crippen molar-refractivity contribution in [3.8, 4) is 0 Å². The monoisotopic (exact) mass is 458 g/mol. The SMILES string of the molecule is COC[C@H](CC(C)(C)C)NC(=O)[C@@H]1C[C@H]2C[C@H]2N1C(=O)CNc1ccccc1C(=[NH2+])C(N)=O. The molecule has 2 fully saturated rings. The lowest BCUT2D eigenvalue weighted by atomic mass is 9.88. The van der Waals surface area contributed by atoms with E-state index in [1.807, 2.05) is 0 Å². The summed E-state index contributed by atoms with van der Waals surface area (Å²) in [5.74, 6) is -0.645. The summed E-state index contributed by atoms with van der Waals surface area (Å²) in [5.41, 5.74) is 6.26. The first kappa shape index (κ1) is 24.7. The highest BCUT2D eigenvalue weighted by Crippen LogP contribution is 2.48. The highest BCUT2D eigenvalue weighted by Gasteiger charge is 2.56. The number of benzene rings is 1. The van der Waals surface area contributed by atoms with E-state index in [9.17, 15) is 14.4 Å². The van der Waals surface area contributed by atoms with Gasteiger partial charge < -0.3 is 26.0 Å². The molecule has 0 radical (unpaired) electrons. The zero-order chi connectivity index (χ0) is 24.3. The number of nitrogens with zero attached hydrogens (tertiary/aromatic N) is 1. The third kappa shape index (κ3) is 6.10. The van der Waals surface area contributed by atoms with Gasteiger partial charge in [0.2, 0.25) is 11.8 Å². The first-order valence-electron chi connectivity index (χ1n) is 11.4. The summed E-state index contributed by atoms with van der Waals surface area (Å²) in [6, 6.07) is 6.42. The van der Waals surface area contributed by atoms with Gasteiger partial charge in [0.25, 0.3) is 5.71 Å². The van der Waals surface area contributed by atoms with Gasteiger partial charge in [-0.25, -0.2) is 5.41 Å². The Balaban J connectivity index is 1.66. The molecular weight excluding hydrogens is 422 g/mol. The fourth-order valence-electron chi connectivity index (χ4n) is 4.71. The van der Waals surface area contributed by atoms with Crippen molar-refractivity contribution < 1.29 is 24.5 Å². The van der Waals surface area contributed by atoms with Crippen molar-refractivity contribution in [3.63, 3.8) is 0 Å². The van der Waals surface area contributed by atoms with Gasteiger partial charge in [0.15, 0.2) is 0 Å². The number of methoxy groups -OCH3 is 1. The molecule has 1 aliphatic heterocycles. The Morgan fingerprint density at radius 2 is 1.94 bits per heavy atom. The molecule has 0 aromatic heterocycles. The number of primary amides is 1. The number of para-hydroxylation sites is 1. The maximum absolute atomic E-state index is 13.2. The second-order valence-corrected chi connectivity index (χ2v) is 10.2. The van der Waals surface area contributed by atoms with Crippen LogP contribution in [0.15, 0.2) is 24.3 Å². The smallest absolute Gasteiger partial charge is 0.313 e. The maximum atomic E-state index is 13.2. The van der Waals surface area contributed by atoms with Gasteiger partial charge in [0, 0.05) is 18.8 Å². The molecule has 0 unspecified atom stereocenters. The normalized spacial score (nSPS) is 22.3. The Morgan fingerprint density at radius 1 is 1.24 bits per heavy atom. The average Bonchev–Trinajstić information content (AvgIpc) is 3.39. The summed E-state index contributed by atoms with van der Waals surface area (Å²) in [6.07, 6.45) is 2.38. The van der Waals surface area contributed by atoms with Crippen LogP contribution >= 0.6 is 0 Å². The quantitative estimate of drug-likeness (QED) is 0.356. The lowest BCUT2D eigenvalue weighted by molar-refractivity contribution is -0.139. The van der Waals surface area contributed by atoms with Crippen molar-refractivity contribution in [3.05, 3.63) is 29.8 Å². The number of carbonyl (C=O) groups is 3. The van der Waals surface area contributed by atoms with E-state index in [2.05, 4.69) is 31.4 Å². The molecule has 3 amide bonds. The second-order valence-electron chi connectivity index (χ2n) is 10.2. The summed E-state index contributed by atoms with van der Waals surface area (Å²) < 4.78 is 5.30. The van der Waals surface area contributed by atoms with E-state index in [0.717, 1.165) is 12.8 Å². The number of amides is 3. The minimum atomic E-state index is -0.728. The van der Waals surface area contributed by atoms with E-state index < -0.39 is 11.9 Å². The molecule has 9 nitrogen and oxygen atoms in total. The van der Waals surface area contributed by atoms with Crippen LogP contribution in [0.3, 0.4) is 0 Å². The van der Waals surface area contributed by atoms with E-state index in [-0.39, 0.29) is 41.6 Å². The van der Waals surface area contributed by atoms with E-state index in [1.54, 1.807) is 36.3 Å². The predicted molar refractivity (Wildman–Crippen MR) is 125 cm³/mol. The standard InChI is InChI=1S/C24H35N5O4/c1-24(2,3)11-15(13-33-4)28-23(32)19-10-14-9-18(14)29(19)20(30)12-27-17-8-6-5-7-16(17)21(25)22(26)31/h5-8,14-15,18-19,25,27H,9-13H2,1-4H3,(H2,26,31)(H,28,32)/p+1/t14-,15+,18-,19+/m1/s1. The van der Waals surface area contributed by atoms with E-state index in [1.165, 1.54) is 0 Å². The van der Waals surface area contributed by atoms with Crippen molar-refractivity contribution in [2.75, 3.05) is 25.6 Å². The van der Waals surface area contributed by atoms with Crippen LogP contribution in [0.5, 0.6) is 0 Å². The summed E-state index contributed by atoms with van der Waals surface area (Å²) in [7, 11) is 1.62. The molecule has 1 heterocycles. The molecule has 4 atom stereocenters. The molecule has 180 valence electrons. The second kappa shape index (κ2) is 9.91. The number of carbonyl (C=O) groups excluding carboxylic acids is 3. The topological polar surface area (TPSA) is 139 Å². The minimum absolute atomic E-state index is 0.0143. The maximum Gasteiger partial charge on any atom is 0.313 e. The lowest BCUT2D eigenvalue weighted by Gasteiger charge is -2.31. The molecule has 1 saturated heterocycles. The van der Waals surface area contributed by atoms with Crippen molar-refractivity contribution in [1.29, 1.82) is 0 Å². The highest BCUT2D eigenvalue weighted by atomic mass is 16.5. The first-order chi connectivity index (χ1) is 15.5. The van der Waals surface area contributed by atoms with Crippen LogP contribution in [0, 0.1) is 11.3 Å². The molecule has 3 rings (SSSR count). The zero-order valence-corrected chi connectivity index (χ0v) is 19.9. The fourth-order valence-corrected chi connectivity index (χ4v) is 4.71. The molecule has 1 saturated carbocycles. The predicted octanol–water partition coefficient (Wildman–Crippen LogP) is -0.311. The van der Waals surface area contributed by atoms with Crippen LogP contribution in [0.25, 0.3) is 0 Å². The Bertz CT molecular complexity index is 926. The van der Waals surface area contributed by atoms with Crippen molar-refractivity contribution >= 4 is 29.1 Å². The molecule has 0 spiro atoms. The molecule has 0 bridgehead atoms. The summed E-state index contributed by atoms with van der Waals surface area (Å²) >= 11 is 0. The Labute approximate surface area is 194 Å². The van der Waals surface area contributed by atoms with Crippen molar-refractivity contribution in [1.82, 2.24) is 10.2 Å². The van der Waals surface area contributed by atoms with Gasteiger partial charge in [-0.1, -0.05) is 32.9 Å². The number of piperidine rings is 1. The zero-order valence-electron chi connectivity index (χ0n) is 19.9. The van der Waals surface area contributed by atoms with Gasteiger partial charge >= 0.3 is 5.91 Å². The van der Waals surface area contributed by atoms with Gasteiger partial charge in [-0.2, -0.15) is 0 Å². The van der Waals surface area contributed by atoms with Gasteiger partial charge in [0.05, 0.1) is 24.8 Å².